The fourth-order valence-electron chi connectivity index (χ4n) is 9.59. The van der Waals surface area contributed by atoms with Gasteiger partial charge >= 0.3 is 0 Å². The third-order valence-electron chi connectivity index (χ3n) is 13.8. The quantitative estimate of drug-likeness (QED) is 0.0523. The Morgan fingerprint density at radius 2 is 0.969 bits per heavy atom. The monoisotopic (exact) mass is 875 g/mol. The Morgan fingerprint density at radius 1 is 0.500 bits per heavy atom. The smallest absolute Gasteiger partial charge is 0.122 e. The van der Waals surface area contributed by atoms with Gasteiger partial charge in [0.2, 0.25) is 0 Å². The lowest BCUT2D eigenvalue weighted by Gasteiger charge is -2.20. The van der Waals surface area contributed by atoms with E-state index in [-0.39, 0.29) is 0 Å². The van der Waals surface area contributed by atoms with E-state index in [1.165, 1.54) is 115 Å². The minimum atomic E-state index is 0.680. The molecule has 0 amide bonds. The van der Waals surface area contributed by atoms with Crippen LogP contribution in [0.25, 0.3) is 22.3 Å². The third-order valence-corrected chi connectivity index (χ3v) is 13.8. The maximum Gasteiger partial charge on any atom is 0.122 e. The Hall–Kier alpha value is -3.92. The van der Waals surface area contributed by atoms with Crippen LogP contribution < -0.4 is 14.2 Å². The van der Waals surface area contributed by atoms with Crippen molar-refractivity contribution in [3.63, 3.8) is 0 Å². The molecule has 2 fully saturated rings. The number of aryl methyl sites for hydroxylation is 1. The summed E-state index contributed by atoms with van der Waals surface area (Å²) in [5.74, 6) is 3.75. The molecular weight excluding hydrogens is 793 g/mol. The predicted octanol–water partition coefficient (Wildman–Crippen LogP) is 10.9. The molecule has 2 aliphatic heterocycles. The summed E-state index contributed by atoms with van der Waals surface area (Å²) in [5, 5.41) is 0. The van der Waals surface area contributed by atoms with Crippen molar-refractivity contribution in [1.82, 2.24) is 19.6 Å². The van der Waals surface area contributed by atoms with E-state index in [9.17, 15) is 0 Å². The van der Waals surface area contributed by atoms with Crippen molar-refractivity contribution in [3.05, 3.63) is 101 Å². The van der Waals surface area contributed by atoms with Crippen LogP contribution in [0.3, 0.4) is 0 Å². The van der Waals surface area contributed by atoms with Crippen LogP contribution >= 0.6 is 0 Å². The Bertz CT molecular complexity index is 2000. The van der Waals surface area contributed by atoms with Gasteiger partial charge in [-0.25, -0.2) is 0 Å². The van der Waals surface area contributed by atoms with Crippen LogP contribution in [-0.2, 0) is 11.2 Å². The Kier molecular flexibility index (Phi) is 20.3. The molecule has 2 aliphatic rings. The lowest BCUT2D eigenvalue weighted by molar-refractivity contribution is 0.0917. The van der Waals surface area contributed by atoms with Crippen molar-refractivity contribution in [2.24, 2.45) is 5.92 Å². The third kappa shape index (κ3) is 15.1. The topological polar surface area (TPSA) is 49.9 Å². The Balaban J connectivity index is 0.820. The first-order chi connectivity index (χ1) is 31.2. The van der Waals surface area contributed by atoms with Gasteiger partial charge in [0.15, 0.2) is 0 Å². The van der Waals surface area contributed by atoms with Gasteiger partial charge in [-0.1, -0.05) is 61.5 Å². The number of unbranched alkanes of at least 4 members (excludes halogenated alkanes) is 1. The van der Waals surface area contributed by atoms with Crippen molar-refractivity contribution in [3.8, 4) is 39.5 Å². The van der Waals surface area contributed by atoms with Gasteiger partial charge in [0, 0.05) is 39.3 Å². The van der Waals surface area contributed by atoms with E-state index in [2.05, 4.69) is 141 Å². The molecule has 0 aromatic heterocycles. The van der Waals surface area contributed by atoms with Crippen LogP contribution in [-0.4, -0.2) is 132 Å². The molecule has 8 heteroatoms. The van der Waals surface area contributed by atoms with Crippen LogP contribution in [0.5, 0.6) is 17.2 Å². The lowest BCUT2D eigenvalue weighted by atomic mass is 9.91. The summed E-state index contributed by atoms with van der Waals surface area (Å²) in [6.07, 6.45) is 10.7. The number of rotatable bonds is 28. The van der Waals surface area contributed by atoms with Gasteiger partial charge in [-0.15, -0.1) is 0 Å². The lowest BCUT2D eigenvalue weighted by Crippen LogP contribution is -2.28. The van der Waals surface area contributed by atoms with E-state index in [1.54, 1.807) is 0 Å². The average molecular weight is 875 g/mol. The van der Waals surface area contributed by atoms with Crippen molar-refractivity contribution in [2.75, 3.05) is 113 Å². The molecule has 2 heterocycles. The molecule has 0 bridgehead atoms. The molecule has 0 N–H and O–H groups in total. The van der Waals surface area contributed by atoms with Gasteiger partial charge in [-0.05, 0) is 200 Å². The van der Waals surface area contributed by atoms with Gasteiger partial charge in [-0.2, -0.15) is 0 Å². The van der Waals surface area contributed by atoms with Crippen LogP contribution in [0.4, 0.5) is 0 Å². The molecular formula is C56H82N4O4. The van der Waals surface area contributed by atoms with Gasteiger partial charge < -0.3 is 38.5 Å². The van der Waals surface area contributed by atoms with Crippen LogP contribution in [0.15, 0.2) is 72.8 Å². The second-order valence-corrected chi connectivity index (χ2v) is 18.9. The van der Waals surface area contributed by atoms with E-state index in [0.717, 1.165) is 101 Å². The zero-order chi connectivity index (χ0) is 45.1. The average Bonchev–Trinajstić information content (AvgIpc) is 3.98. The highest BCUT2D eigenvalue weighted by Crippen LogP contribution is 2.36. The number of ether oxygens (including phenoxy) is 4. The van der Waals surface area contributed by atoms with Crippen molar-refractivity contribution < 1.29 is 18.9 Å². The number of benzene rings is 4. The molecule has 0 aliphatic carbocycles. The van der Waals surface area contributed by atoms with Crippen molar-refractivity contribution in [1.29, 1.82) is 0 Å². The molecule has 1 unspecified atom stereocenters. The SMILES string of the molecule is Cc1c(CCCCN2CCCC2)cccc1-c1cccc(OCCCN(C)CCOCCN(C)CCCOc2cccc(-c3cccc(OCCCN4CCC(C)C4)c3C)c2C)c1C. The molecule has 64 heavy (non-hydrogen) atoms. The van der Waals surface area contributed by atoms with E-state index < -0.39 is 0 Å². The largest absolute Gasteiger partial charge is 0.493 e. The first kappa shape index (κ1) is 49.5. The molecule has 350 valence electrons. The van der Waals surface area contributed by atoms with Gasteiger partial charge in [0.1, 0.15) is 17.2 Å². The van der Waals surface area contributed by atoms with Crippen LogP contribution in [0, 0.1) is 33.6 Å². The highest BCUT2D eigenvalue weighted by Gasteiger charge is 2.19. The van der Waals surface area contributed by atoms with Crippen molar-refractivity contribution in [2.45, 2.75) is 92.4 Å². The minimum Gasteiger partial charge on any atom is -0.493 e. The Labute approximate surface area is 388 Å². The number of nitrogens with zero attached hydrogens (tertiary/aromatic N) is 4. The molecule has 0 saturated carbocycles. The summed E-state index contributed by atoms with van der Waals surface area (Å²) in [6, 6.07) is 26.1. The normalized spacial score (nSPS) is 15.8. The molecule has 8 nitrogen and oxygen atoms in total. The number of likely N-dealkylation sites (N-methyl/N-ethyl adjacent to an activating group) is 2. The first-order valence-corrected chi connectivity index (χ1v) is 24.8. The zero-order valence-corrected chi connectivity index (χ0v) is 40.9. The van der Waals surface area contributed by atoms with Crippen LogP contribution in [0.2, 0.25) is 0 Å². The summed E-state index contributed by atoms with van der Waals surface area (Å²) < 4.78 is 25.1. The molecule has 6 rings (SSSR count). The maximum atomic E-state index is 6.36. The van der Waals surface area contributed by atoms with Gasteiger partial charge in [0.05, 0.1) is 33.0 Å². The molecule has 0 radical (unpaired) electrons. The number of hydrogen-bond acceptors (Lipinski definition) is 8. The number of hydrogen-bond donors (Lipinski definition) is 0. The van der Waals surface area contributed by atoms with E-state index in [1.807, 2.05) is 0 Å². The van der Waals surface area contributed by atoms with E-state index in [4.69, 9.17) is 18.9 Å². The molecule has 4 aromatic rings. The molecule has 0 spiro atoms. The fourth-order valence-corrected chi connectivity index (χ4v) is 9.59. The van der Waals surface area contributed by atoms with E-state index in [0.29, 0.717) is 13.2 Å². The summed E-state index contributed by atoms with van der Waals surface area (Å²) in [6.45, 7) is 25.9. The molecule has 1 atom stereocenters. The maximum absolute atomic E-state index is 6.36. The van der Waals surface area contributed by atoms with Gasteiger partial charge in [-0.3, -0.25) is 0 Å². The summed E-state index contributed by atoms with van der Waals surface area (Å²) in [7, 11) is 4.34. The second-order valence-electron chi connectivity index (χ2n) is 18.9. The minimum absolute atomic E-state index is 0.680. The highest BCUT2D eigenvalue weighted by molar-refractivity contribution is 5.75. The van der Waals surface area contributed by atoms with Gasteiger partial charge in [0.25, 0.3) is 0 Å². The number of likely N-dealkylation sites (tertiary alicyclic amines) is 2. The Morgan fingerprint density at radius 3 is 1.47 bits per heavy atom. The second kappa shape index (κ2) is 26.3. The standard InChI is InChI=1S/C56H82N4O4/c1-44-28-35-60(43-44)34-18-40-64-56-27-15-24-53(48(56)5)52-23-14-26-55(47(52)4)63-39-17-30-58(7)37-42-61-41-36-57(6)29-16-38-62-54-25-13-22-51(46(54)3)50-21-12-20-49(45(50)2)19-8-9-31-59-32-10-11-33-59/h12-15,20-27,44H,8-11,16-19,28-43H2,1-7H3. The first-order valence-electron chi connectivity index (χ1n) is 24.8. The van der Waals surface area contributed by atoms with Crippen molar-refractivity contribution >= 4 is 0 Å². The fraction of sp³-hybridized carbons (Fsp3) is 0.571. The summed E-state index contributed by atoms with van der Waals surface area (Å²) in [5.41, 5.74) is 11.5. The van der Waals surface area contributed by atoms with E-state index >= 15 is 0 Å². The summed E-state index contributed by atoms with van der Waals surface area (Å²) >= 11 is 0. The molecule has 2 saturated heterocycles. The summed E-state index contributed by atoms with van der Waals surface area (Å²) in [4.78, 5) is 9.87. The predicted molar refractivity (Wildman–Crippen MR) is 268 cm³/mol. The van der Waals surface area contributed by atoms with Crippen LogP contribution in [0.1, 0.15) is 86.1 Å². The zero-order valence-electron chi connectivity index (χ0n) is 40.9. The highest BCUT2D eigenvalue weighted by atomic mass is 16.5. The molecule has 4 aromatic carbocycles.